The monoisotopic (exact) mass is 395 g/mol. The SMILES string of the molecule is CC(=O)c1ccc(N[C@H]2CC3(CCN(C)CC3)Oc3ccccc32)c([N+](=O)[O-])c1. The Morgan fingerprint density at radius 2 is 1.97 bits per heavy atom. The number of piperidine rings is 1. The molecule has 2 aliphatic heterocycles. The number of hydrogen-bond acceptors (Lipinski definition) is 6. The fourth-order valence-electron chi connectivity index (χ4n) is 4.29. The van der Waals surface area contributed by atoms with Crippen LogP contribution in [0.3, 0.4) is 0 Å². The summed E-state index contributed by atoms with van der Waals surface area (Å²) in [6, 6.07) is 12.4. The van der Waals surface area contributed by atoms with Crippen LogP contribution in [0.4, 0.5) is 11.4 Å². The second-order valence-electron chi connectivity index (χ2n) is 8.07. The number of fused-ring (bicyclic) bond motifs is 1. The van der Waals surface area contributed by atoms with Crippen molar-refractivity contribution in [2.24, 2.45) is 0 Å². The lowest BCUT2D eigenvalue weighted by atomic mass is 9.80. The van der Waals surface area contributed by atoms with Gasteiger partial charge < -0.3 is 15.0 Å². The lowest BCUT2D eigenvalue weighted by Crippen LogP contribution is -2.50. The molecule has 1 atom stereocenters. The fraction of sp³-hybridized carbons (Fsp3) is 0.409. The van der Waals surface area contributed by atoms with E-state index in [2.05, 4.69) is 17.3 Å². The first-order chi connectivity index (χ1) is 13.9. The molecule has 2 heterocycles. The average molecular weight is 395 g/mol. The topological polar surface area (TPSA) is 84.7 Å². The Balaban J connectivity index is 1.69. The third-order valence-electron chi connectivity index (χ3n) is 6.03. The molecule has 4 rings (SSSR count). The molecule has 2 aromatic rings. The number of ketones is 1. The summed E-state index contributed by atoms with van der Waals surface area (Å²) in [5.74, 6) is 0.644. The normalized spacial score (nSPS) is 20.6. The molecule has 29 heavy (non-hydrogen) atoms. The summed E-state index contributed by atoms with van der Waals surface area (Å²) in [6.07, 6.45) is 2.58. The Hall–Kier alpha value is -2.93. The van der Waals surface area contributed by atoms with Crippen LogP contribution in [-0.2, 0) is 0 Å². The van der Waals surface area contributed by atoms with Crippen LogP contribution in [0.5, 0.6) is 5.75 Å². The number of benzene rings is 2. The number of para-hydroxylation sites is 1. The summed E-state index contributed by atoms with van der Waals surface area (Å²) >= 11 is 0. The summed E-state index contributed by atoms with van der Waals surface area (Å²) < 4.78 is 6.46. The molecular weight excluding hydrogens is 370 g/mol. The van der Waals surface area contributed by atoms with Crippen molar-refractivity contribution >= 4 is 17.2 Å². The van der Waals surface area contributed by atoms with E-state index < -0.39 is 4.92 Å². The zero-order valence-corrected chi connectivity index (χ0v) is 16.7. The largest absolute Gasteiger partial charge is 0.487 e. The Kier molecular flexibility index (Phi) is 5.00. The van der Waals surface area contributed by atoms with Gasteiger partial charge >= 0.3 is 0 Å². The molecule has 0 unspecified atom stereocenters. The number of nitro benzene ring substituents is 1. The molecule has 0 radical (unpaired) electrons. The van der Waals surface area contributed by atoms with Gasteiger partial charge in [0.1, 0.15) is 17.0 Å². The van der Waals surface area contributed by atoms with E-state index in [4.69, 9.17) is 4.74 Å². The summed E-state index contributed by atoms with van der Waals surface area (Å²) in [5, 5.41) is 15.0. The van der Waals surface area contributed by atoms with Crippen molar-refractivity contribution < 1.29 is 14.5 Å². The number of nitrogens with zero attached hydrogens (tertiary/aromatic N) is 2. The summed E-state index contributed by atoms with van der Waals surface area (Å²) in [6.45, 7) is 3.33. The van der Waals surface area contributed by atoms with E-state index in [0.29, 0.717) is 11.3 Å². The number of nitro groups is 1. The molecule has 0 aliphatic carbocycles. The quantitative estimate of drug-likeness (QED) is 0.474. The predicted molar refractivity (Wildman–Crippen MR) is 111 cm³/mol. The summed E-state index contributed by atoms with van der Waals surface area (Å²) in [7, 11) is 2.11. The van der Waals surface area contributed by atoms with Gasteiger partial charge in [0.2, 0.25) is 0 Å². The number of rotatable bonds is 4. The van der Waals surface area contributed by atoms with Gasteiger partial charge in [0.25, 0.3) is 5.69 Å². The van der Waals surface area contributed by atoms with E-state index in [1.165, 1.54) is 13.0 Å². The van der Waals surface area contributed by atoms with E-state index in [-0.39, 0.29) is 23.1 Å². The standard InChI is InChI=1S/C22H25N3O4/c1-15(26)16-7-8-18(20(13-16)25(27)28)23-19-14-22(9-11-24(2)12-10-22)29-21-6-4-3-5-17(19)21/h3-8,13,19,23H,9-12,14H2,1-2H3/t19-/m0/s1. The van der Waals surface area contributed by atoms with E-state index in [0.717, 1.165) is 43.7 Å². The predicted octanol–water partition coefficient (Wildman–Crippen LogP) is 4.20. The van der Waals surface area contributed by atoms with E-state index in [9.17, 15) is 14.9 Å². The van der Waals surface area contributed by atoms with Gasteiger partial charge in [-0.15, -0.1) is 0 Å². The number of carbonyl (C=O) groups is 1. The first-order valence-corrected chi connectivity index (χ1v) is 9.89. The van der Waals surface area contributed by atoms with Crippen molar-refractivity contribution in [3.05, 3.63) is 63.7 Å². The summed E-state index contributed by atoms with van der Waals surface area (Å²) in [4.78, 5) is 25.1. The molecule has 2 aromatic carbocycles. The van der Waals surface area contributed by atoms with Crippen molar-refractivity contribution in [3.8, 4) is 5.75 Å². The molecule has 0 saturated carbocycles. The number of Topliss-reactive ketones (excluding diaryl/α,β-unsaturated/α-hetero) is 1. The number of hydrogen-bond donors (Lipinski definition) is 1. The fourth-order valence-corrected chi connectivity index (χ4v) is 4.29. The molecule has 152 valence electrons. The van der Waals surface area contributed by atoms with Gasteiger partial charge in [-0.3, -0.25) is 14.9 Å². The Morgan fingerprint density at radius 1 is 1.24 bits per heavy atom. The van der Waals surface area contributed by atoms with E-state index in [1.54, 1.807) is 12.1 Å². The first-order valence-electron chi connectivity index (χ1n) is 9.89. The third kappa shape index (κ3) is 3.82. The molecule has 7 heteroatoms. The van der Waals surface area contributed by atoms with Gasteiger partial charge in [0, 0.05) is 36.7 Å². The first kappa shape index (κ1) is 19.4. The van der Waals surface area contributed by atoms with Crippen LogP contribution in [-0.4, -0.2) is 41.3 Å². The van der Waals surface area contributed by atoms with Crippen molar-refractivity contribution in [1.29, 1.82) is 0 Å². The highest BCUT2D eigenvalue weighted by atomic mass is 16.6. The van der Waals surface area contributed by atoms with Crippen LogP contribution in [0.2, 0.25) is 0 Å². The maximum atomic E-state index is 11.7. The lowest BCUT2D eigenvalue weighted by molar-refractivity contribution is -0.384. The zero-order chi connectivity index (χ0) is 20.6. The Bertz CT molecular complexity index is 951. The number of likely N-dealkylation sites (tertiary alicyclic amines) is 1. The Labute approximate surface area is 169 Å². The number of nitrogens with one attached hydrogen (secondary N) is 1. The maximum absolute atomic E-state index is 11.7. The van der Waals surface area contributed by atoms with Gasteiger partial charge in [-0.1, -0.05) is 18.2 Å². The number of ether oxygens (including phenoxy) is 1. The smallest absolute Gasteiger partial charge is 0.293 e. The molecule has 1 fully saturated rings. The van der Waals surface area contributed by atoms with Crippen LogP contribution in [0, 0.1) is 10.1 Å². The van der Waals surface area contributed by atoms with Gasteiger partial charge in [-0.2, -0.15) is 0 Å². The molecule has 0 aromatic heterocycles. The van der Waals surface area contributed by atoms with Crippen molar-refractivity contribution in [3.63, 3.8) is 0 Å². The van der Waals surface area contributed by atoms with Gasteiger partial charge in [0.05, 0.1) is 11.0 Å². The molecule has 7 nitrogen and oxygen atoms in total. The average Bonchev–Trinajstić information content (AvgIpc) is 2.70. The highest BCUT2D eigenvalue weighted by Gasteiger charge is 2.43. The van der Waals surface area contributed by atoms with Crippen molar-refractivity contribution in [1.82, 2.24) is 4.90 Å². The highest BCUT2D eigenvalue weighted by Crippen LogP contribution is 2.46. The van der Waals surface area contributed by atoms with Gasteiger partial charge in [0.15, 0.2) is 5.78 Å². The molecule has 1 saturated heterocycles. The number of carbonyl (C=O) groups excluding carboxylic acids is 1. The minimum atomic E-state index is -0.439. The van der Waals surface area contributed by atoms with Crippen molar-refractivity contribution in [2.45, 2.75) is 37.8 Å². The maximum Gasteiger partial charge on any atom is 0.293 e. The minimum absolute atomic E-state index is 0.0842. The molecular formula is C22H25N3O4. The second kappa shape index (κ2) is 7.48. The van der Waals surface area contributed by atoms with Crippen LogP contribution >= 0.6 is 0 Å². The molecule has 1 spiro atoms. The van der Waals surface area contributed by atoms with Crippen LogP contribution in [0.1, 0.15) is 48.1 Å². The second-order valence-corrected chi connectivity index (χ2v) is 8.07. The Morgan fingerprint density at radius 3 is 2.66 bits per heavy atom. The lowest BCUT2D eigenvalue weighted by Gasteiger charge is -2.46. The molecule has 0 amide bonds. The third-order valence-corrected chi connectivity index (χ3v) is 6.03. The molecule has 0 bridgehead atoms. The van der Waals surface area contributed by atoms with E-state index >= 15 is 0 Å². The van der Waals surface area contributed by atoms with Crippen LogP contribution in [0.25, 0.3) is 0 Å². The molecule has 1 N–H and O–H groups in total. The number of anilines is 1. The van der Waals surface area contributed by atoms with Gasteiger partial charge in [-0.05, 0) is 45.0 Å². The summed E-state index contributed by atoms with van der Waals surface area (Å²) in [5.41, 5.74) is 1.40. The highest BCUT2D eigenvalue weighted by molar-refractivity contribution is 5.95. The van der Waals surface area contributed by atoms with Crippen LogP contribution < -0.4 is 10.1 Å². The van der Waals surface area contributed by atoms with E-state index in [1.807, 2.05) is 24.3 Å². The van der Waals surface area contributed by atoms with Crippen molar-refractivity contribution in [2.75, 3.05) is 25.5 Å². The van der Waals surface area contributed by atoms with Crippen LogP contribution in [0.15, 0.2) is 42.5 Å². The van der Waals surface area contributed by atoms with Gasteiger partial charge in [-0.25, -0.2) is 0 Å². The zero-order valence-electron chi connectivity index (χ0n) is 16.7. The molecule has 2 aliphatic rings. The minimum Gasteiger partial charge on any atom is -0.487 e.